The van der Waals surface area contributed by atoms with Gasteiger partial charge in [-0.2, -0.15) is 0 Å². The maximum absolute atomic E-state index is 13.2. The maximum Gasteiger partial charge on any atom is 0.350 e. The van der Waals surface area contributed by atoms with E-state index >= 15 is 0 Å². The number of carbonyl (C=O) groups excluding carboxylic acids is 3. The number of carbonyl (C=O) groups is 3. The first-order valence-electron chi connectivity index (χ1n) is 9.39. The summed E-state index contributed by atoms with van der Waals surface area (Å²) in [5, 5.41) is 12.6. The second-order valence-corrected chi connectivity index (χ2v) is 8.65. The number of aliphatic hydroxyl groups is 1. The number of aryl methyl sites for hydroxylation is 2. The number of ketones is 1. The van der Waals surface area contributed by atoms with E-state index in [-0.39, 0.29) is 22.2 Å². The molecule has 1 aliphatic rings. The van der Waals surface area contributed by atoms with Crippen LogP contribution in [0.5, 0.6) is 0 Å². The minimum atomic E-state index is -1.02. The Balaban J connectivity index is 1.83. The number of hydrogen-bond donors (Lipinski definition) is 1. The third-order valence-corrected chi connectivity index (χ3v) is 6.69. The highest BCUT2D eigenvalue weighted by Gasteiger charge is 2.47. The van der Waals surface area contributed by atoms with Gasteiger partial charge in [0.25, 0.3) is 5.91 Å². The molecule has 0 spiro atoms. The van der Waals surface area contributed by atoms with Gasteiger partial charge in [-0.1, -0.05) is 17.4 Å². The van der Waals surface area contributed by atoms with Crippen molar-refractivity contribution < 1.29 is 28.6 Å². The van der Waals surface area contributed by atoms with E-state index in [1.165, 1.54) is 16.2 Å². The minimum absolute atomic E-state index is 0.0904. The van der Waals surface area contributed by atoms with Crippen LogP contribution in [0.3, 0.4) is 0 Å². The van der Waals surface area contributed by atoms with Gasteiger partial charge in [0.15, 0.2) is 10.9 Å². The molecule has 31 heavy (non-hydrogen) atoms. The van der Waals surface area contributed by atoms with Crippen molar-refractivity contribution >= 4 is 45.5 Å². The highest BCUT2D eigenvalue weighted by atomic mass is 32.1. The van der Waals surface area contributed by atoms with Gasteiger partial charge in [0.2, 0.25) is 5.78 Å². The van der Waals surface area contributed by atoms with Crippen molar-refractivity contribution in [2.24, 2.45) is 0 Å². The molecule has 0 bridgehead atoms. The van der Waals surface area contributed by atoms with Crippen molar-refractivity contribution in [1.29, 1.82) is 0 Å². The van der Waals surface area contributed by atoms with Gasteiger partial charge in [-0.05, 0) is 44.4 Å². The Morgan fingerprint density at radius 2 is 2.06 bits per heavy atom. The Hall–Kier alpha value is -3.24. The summed E-state index contributed by atoms with van der Waals surface area (Å²) in [4.78, 5) is 44.7. The molecule has 3 aromatic rings. The Morgan fingerprint density at radius 3 is 2.68 bits per heavy atom. The first-order valence-corrected chi connectivity index (χ1v) is 11.1. The van der Waals surface area contributed by atoms with Crippen molar-refractivity contribution in [2.45, 2.75) is 26.8 Å². The minimum Gasteiger partial charge on any atom is -0.503 e. The zero-order valence-corrected chi connectivity index (χ0v) is 18.5. The second-order valence-electron chi connectivity index (χ2n) is 6.73. The van der Waals surface area contributed by atoms with Gasteiger partial charge in [-0.3, -0.25) is 14.5 Å². The van der Waals surface area contributed by atoms with Crippen LogP contribution in [0, 0.1) is 13.8 Å². The van der Waals surface area contributed by atoms with Crippen LogP contribution >= 0.6 is 22.7 Å². The zero-order chi connectivity index (χ0) is 22.3. The van der Waals surface area contributed by atoms with Crippen LogP contribution in [0.2, 0.25) is 0 Å². The number of amides is 1. The van der Waals surface area contributed by atoms with Gasteiger partial charge in [0.05, 0.1) is 22.8 Å². The summed E-state index contributed by atoms with van der Waals surface area (Å²) in [5.41, 5.74) is 0.297. The molecule has 0 saturated carbocycles. The topological polar surface area (TPSA) is 110 Å². The number of aromatic nitrogens is 1. The number of esters is 1. The summed E-state index contributed by atoms with van der Waals surface area (Å²) in [7, 11) is 0. The Kier molecular flexibility index (Phi) is 5.50. The molecule has 1 amide bonds. The molecule has 0 aromatic carbocycles. The molecule has 0 radical (unpaired) electrons. The van der Waals surface area contributed by atoms with E-state index in [2.05, 4.69) is 4.98 Å². The third-order valence-electron chi connectivity index (χ3n) is 4.68. The second kappa shape index (κ2) is 8.12. The van der Waals surface area contributed by atoms with Gasteiger partial charge in [-0.25, -0.2) is 9.78 Å². The lowest BCUT2D eigenvalue weighted by molar-refractivity contribution is -0.117. The van der Waals surface area contributed by atoms with E-state index in [4.69, 9.17) is 9.15 Å². The average Bonchev–Trinajstić information content (AvgIpc) is 3.50. The molecule has 4 heterocycles. The Morgan fingerprint density at radius 1 is 1.29 bits per heavy atom. The van der Waals surface area contributed by atoms with Crippen LogP contribution < -0.4 is 4.90 Å². The van der Waals surface area contributed by atoms with Crippen molar-refractivity contribution in [3.8, 4) is 0 Å². The van der Waals surface area contributed by atoms with E-state index < -0.39 is 29.5 Å². The van der Waals surface area contributed by atoms with Crippen molar-refractivity contribution in [2.75, 3.05) is 11.5 Å². The lowest BCUT2D eigenvalue weighted by Gasteiger charge is -2.22. The largest absolute Gasteiger partial charge is 0.503 e. The molecule has 4 rings (SSSR count). The van der Waals surface area contributed by atoms with Crippen molar-refractivity contribution in [3.63, 3.8) is 0 Å². The molecule has 1 N–H and O–H groups in total. The molecule has 3 aromatic heterocycles. The van der Waals surface area contributed by atoms with E-state index in [1.807, 2.05) is 0 Å². The summed E-state index contributed by atoms with van der Waals surface area (Å²) in [6.07, 6.45) is 0. The summed E-state index contributed by atoms with van der Waals surface area (Å²) < 4.78 is 10.8. The fourth-order valence-electron chi connectivity index (χ4n) is 3.32. The van der Waals surface area contributed by atoms with E-state index in [0.717, 1.165) is 11.3 Å². The Labute approximate surface area is 185 Å². The molecule has 8 nitrogen and oxygen atoms in total. The van der Waals surface area contributed by atoms with Crippen LogP contribution in [-0.2, 0) is 9.53 Å². The monoisotopic (exact) mass is 458 g/mol. The van der Waals surface area contributed by atoms with Crippen LogP contribution in [-0.4, -0.2) is 34.4 Å². The fourth-order valence-corrected chi connectivity index (χ4v) is 4.98. The number of rotatable bonds is 6. The SMILES string of the molecule is CCOC(=O)c1sc(N2C(=O)C(O)=C(C(=O)c3cccs3)[C@@H]2c2ccc(C)o2)nc1C. The van der Waals surface area contributed by atoms with E-state index in [9.17, 15) is 19.5 Å². The number of Topliss-reactive ketones (excluding diaryl/α,β-unsaturated/α-hetero) is 1. The quantitative estimate of drug-likeness (QED) is 0.431. The van der Waals surface area contributed by atoms with Crippen molar-refractivity contribution in [3.05, 3.63) is 67.9 Å². The Bertz CT molecular complexity index is 1200. The average molecular weight is 459 g/mol. The first kappa shape index (κ1) is 21.0. The van der Waals surface area contributed by atoms with Crippen LogP contribution in [0.4, 0.5) is 5.13 Å². The smallest absolute Gasteiger partial charge is 0.350 e. The number of aliphatic hydroxyl groups excluding tert-OH is 1. The number of furan rings is 1. The molecule has 0 unspecified atom stereocenters. The van der Waals surface area contributed by atoms with Gasteiger partial charge < -0.3 is 14.3 Å². The number of ether oxygens (including phenoxy) is 1. The van der Waals surface area contributed by atoms with Crippen LogP contribution in [0.15, 0.2) is 45.4 Å². The molecule has 0 aliphatic carbocycles. The third kappa shape index (κ3) is 3.57. The predicted octanol–water partition coefficient (Wildman–Crippen LogP) is 4.37. The van der Waals surface area contributed by atoms with Gasteiger partial charge >= 0.3 is 5.97 Å². The summed E-state index contributed by atoms with van der Waals surface area (Å²) in [6.45, 7) is 5.26. The molecular weight excluding hydrogens is 440 g/mol. The highest BCUT2D eigenvalue weighted by molar-refractivity contribution is 7.17. The zero-order valence-electron chi connectivity index (χ0n) is 16.9. The van der Waals surface area contributed by atoms with Crippen molar-refractivity contribution in [1.82, 2.24) is 4.98 Å². The number of thiophene rings is 1. The molecule has 0 fully saturated rings. The fraction of sp³-hybridized carbons (Fsp3) is 0.238. The van der Waals surface area contributed by atoms with E-state index in [0.29, 0.717) is 22.1 Å². The standard InChI is InChI=1S/C21H18N2O6S2/c1-4-28-20(27)18-11(3)22-21(31-18)23-15(12-8-7-10(2)29-12)14(17(25)19(23)26)16(24)13-6-5-9-30-13/h5-9,15,25H,4H2,1-3H3/t15-/m0/s1. The lowest BCUT2D eigenvalue weighted by atomic mass is 10.0. The van der Waals surface area contributed by atoms with Gasteiger partial charge in [-0.15, -0.1) is 11.3 Å². The van der Waals surface area contributed by atoms with Crippen LogP contribution in [0.25, 0.3) is 0 Å². The summed E-state index contributed by atoms with van der Waals surface area (Å²) >= 11 is 2.17. The number of thiazole rings is 1. The molecule has 10 heteroatoms. The van der Waals surface area contributed by atoms with Gasteiger partial charge in [0, 0.05) is 0 Å². The number of nitrogens with zero attached hydrogens (tertiary/aromatic N) is 2. The predicted molar refractivity (Wildman–Crippen MR) is 115 cm³/mol. The van der Waals surface area contributed by atoms with Gasteiger partial charge in [0.1, 0.15) is 22.4 Å². The summed E-state index contributed by atoms with van der Waals surface area (Å²) in [6, 6.07) is 5.67. The van der Waals surface area contributed by atoms with Crippen LogP contribution in [0.1, 0.15) is 49.5 Å². The number of anilines is 1. The highest BCUT2D eigenvalue weighted by Crippen LogP contribution is 2.44. The first-order chi connectivity index (χ1) is 14.8. The molecule has 1 aliphatic heterocycles. The number of hydrogen-bond acceptors (Lipinski definition) is 9. The molecule has 0 saturated heterocycles. The molecule has 160 valence electrons. The van der Waals surface area contributed by atoms with E-state index in [1.54, 1.807) is 50.4 Å². The normalized spacial score (nSPS) is 16.3. The molecule has 1 atom stereocenters. The maximum atomic E-state index is 13.2. The molecular formula is C21H18N2O6S2. The lowest BCUT2D eigenvalue weighted by Crippen LogP contribution is -2.30. The summed E-state index contributed by atoms with van der Waals surface area (Å²) in [5.74, 6) is -1.58.